The van der Waals surface area contributed by atoms with Crippen LogP contribution in [0.1, 0.15) is 35.2 Å². The Morgan fingerprint density at radius 2 is 2.05 bits per heavy atom. The summed E-state index contributed by atoms with van der Waals surface area (Å²) in [5.41, 5.74) is 2.97. The molecule has 1 aromatic heterocycles. The van der Waals surface area contributed by atoms with Crippen LogP contribution < -0.4 is 10.6 Å². The number of hydrogen-bond acceptors (Lipinski definition) is 3. The topological polar surface area (TPSA) is 71.1 Å². The van der Waals surface area contributed by atoms with Crippen molar-refractivity contribution in [3.8, 4) is 0 Å². The number of hydrogen-bond donors (Lipinski definition) is 2. The molecule has 2 amide bonds. The maximum Gasteiger partial charge on any atom is 0.255 e. The fourth-order valence-corrected chi connectivity index (χ4v) is 2.52. The van der Waals surface area contributed by atoms with E-state index in [0.717, 1.165) is 17.7 Å². The molecule has 0 fully saturated rings. The molecule has 2 heterocycles. The van der Waals surface area contributed by atoms with E-state index in [4.69, 9.17) is 0 Å². The van der Waals surface area contributed by atoms with E-state index in [2.05, 4.69) is 15.6 Å². The first kappa shape index (κ1) is 13.3. The third kappa shape index (κ3) is 2.50. The molecule has 5 heteroatoms. The summed E-state index contributed by atoms with van der Waals surface area (Å²) in [4.78, 5) is 27.8. The van der Waals surface area contributed by atoms with Crippen LogP contribution in [0.25, 0.3) is 0 Å². The highest BCUT2D eigenvalue weighted by Gasteiger charge is 2.28. The van der Waals surface area contributed by atoms with Gasteiger partial charge in [0.15, 0.2) is 0 Å². The number of carbonyl (C=O) groups is 2. The Hall–Kier alpha value is -2.69. The zero-order valence-corrected chi connectivity index (χ0v) is 11.6. The molecule has 2 aromatic rings. The Morgan fingerprint density at radius 3 is 2.76 bits per heavy atom. The quantitative estimate of drug-likeness (QED) is 0.908. The van der Waals surface area contributed by atoms with Gasteiger partial charge in [0.2, 0.25) is 5.91 Å². The van der Waals surface area contributed by atoms with Gasteiger partial charge < -0.3 is 10.6 Å². The van der Waals surface area contributed by atoms with Gasteiger partial charge in [-0.05, 0) is 36.2 Å². The number of fused-ring (bicyclic) bond motifs is 1. The Labute approximate surface area is 122 Å². The molecular weight excluding hydrogens is 266 g/mol. The average Bonchev–Trinajstić information content (AvgIpc) is 2.82. The monoisotopic (exact) mass is 281 g/mol. The van der Waals surface area contributed by atoms with Crippen molar-refractivity contribution in [1.82, 2.24) is 4.98 Å². The lowest BCUT2D eigenvalue weighted by Crippen LogP contribution is -2.12. The number of pyridine rings is 1. The molecule has 0 saturated carbocycles. The minimum atomic E-state index is -0.200. The number of rotatable bonds is 3. The second-order valence-electron chi connectivity index (χ2n) is 4.94. The van der Waals surface area contributed by atoms with Crippen molar-refractivity contribution >= 4 is 23.2 Å². The SMILES string of the molecule is CCC1C(=O)Nc2cc(NC(=O)c3ccncc3)ccc21. The Bertz CT molecular complexity index is 698. The number of carbonyl (C=O) groups excluding carboxylic acids is 2. The van der Waals surface area contributed by atoms with Crippen LogP contribution in [0.2, 0.25) is 0 Å². The molecule has 2 N–H and O–H groups in total. The first-order valence-corrected chi connectivity index (χ1v) is 6.85. The summed E-state index contributed by atoms with van der Waals surface area (Å²) < 4.78 is 0. The molecule has 0 aliphatic carbocycles. The van der Waals surface area contributed by atoms with Crippen molar-refractivity contribution in [3.05, 3.63) is 53.9 Å². The van der Waals surface area contributed by atoms with Gasteiger partial charge >= 0.3 is 0 Å². The molecule has 21 heavy (non-hydrogen) atoms. The van der Waals surface area contributed by atoms with Crippen molar-refractivity contribution in [2.75, 3.05) is 10.6 Å². The fraction of sp³-hybridized carbons (Fsp3) is 0.188. The van der Waals surface area contributed by atoms with Gasteiger partial charge in [-0.25, -0.2) is 0 Å². The molecule has 1 unspecified atom stereocenters. The predicted octanol–water partition coefficient (Wildman–Crippen LogP) is 2.78. The number of anilines is 2. The highest BCUT2D eigenvalue weighted by Crippen LogP contribution is 2.36. The van der Waals surface area contributed by atoms with E-state index >= 15 is 0 Å². The number of nitrogens with one attached hydrogen (secondary N) is 2. The van der Waals surface area contributed by atoms with Crippen molar-refractivity contribution in [2.24, 2.45) is 0 Å². The van der Waals surface area contributed by atoms with E-state index in [1.54, 1.807) is 30.6 Å². The summed E-state index contributed by atoms with van der Waals surface area (Å²) in [5, 5.41) is 5.67. The van der Waals surface area contributed by atoms with Crippen molar-refractivity contribution in [2.45, 2.75) is 19.3 Å². The molecule has 3 rings (SSSR count). The highest BCUT2D eigenvalue weighted by atomic mass is 16.2. The lowest BCUT2D eigenvalue weighted by atomic mass is 9.98. The van der Waals surface area contributed by atoms with Crippen LogP contribution in [-0.4, -0.2) is 16.8 Å². The van der Waals surface area contributed by atoms with Gasteiger partial charge in [0, 0.05) is 29.3 Å². The Balaban J connectivity index is 1.81. The van der Waals surface area contributed by atoms with Crippen LogP contribution in [0, 0.1) is 0 Å². The average molecular weight is 281 g/mol. The van der Waals surface area contributed by atoms with E-state index in [9.17, 15) is 9.59 Å². The molecule has 106 valence electrons. The van der Waals surface area contributed by atoms with Gasteiger partial charge in [0.1, 0.15) is 0 Å². The maximum absolute atomic E-state index is 12.1. The smallest absolute Gasteiger partial charge is 0.255 e. The van der Waals surface area contributed by atoms with Crippen molar-refractivity contribution < 1.29 is 9.59 Å². The third-order valence-electron chi connectivity index (χ3n) is 3.61. The lowest BCUT2D eigenvalue weighted by Gasteiger charge is -2.08. The molecule has 0 saturated heterocycles. The van der Waals surface area contributed by atoms with Gasteiger partial charge in [-0.3, -0.25) is 14.6 Å². The van der Waals surface area contributed by atoms with Gasteiger partial charge in [-0.15, -0.1) is 0 Å². The van der Waals surface area contributed by atoms with Crippen LogP contribution >= 0.6 is 0 Å². The predicted molar refractivity (Wildman–Crippen MR) is 80.3 cm³/mol. The molecule has 1 atom stereocenters. The summed E-state index contributed by atoms with van der Waals surface area (Å²) in [6, 6.07) is 8.81. The second-order valence-corrected chi connectivity index (χ2v) is 4.94. The number of aromatic nitrogens is 1. The number of amides is 2. The van der Waals surface area contributed by atoms with E-state index < -0.39 is 0 Å². The summed E-state index contributed by atoms with van der Waals surface area (Å²) in [5.74, 6) is -0.274. The Kier molecular flexibility index (Phi) is 3.39. The largest absolute Gasteiger partial charge is 0.325 e. The van der Waals surface area contributed by atoms with Gasteiger partial charge in [0.05, 0.1) is 5.92 Å². The first-order valence-electron chi connectivity index (χ1n) is 6.85. The summed E-state index contributed by atoms with van der Waals surface area (Å²) in [6.07, 6.45) is 3.91. The third-order valence-corrected chi connectivity index (χ3v) is 3.61. The van der Waals surface area contributed by atoms with Crippen LogP contribution in [-0.2, 0) is 4.79 Å². The summed E-state index contributed by atoms with van der Waals surface area (Å²) >= 11 is 0. The van der Waals surface area contributed by atoms with E-state index in [-0.39, 0.29) is 17.7 Å². The molecule has 0 spiro atoms. The highest BCUT2D eigenvalue weighted by molar-refractivity contribution is 6.06. The van der Waals surface area contributed by atoms with Gasteiger partial charge in [-0.2, -0.15) is 0 Å². The lowest BCUT2D eigenvalue weighted by molar-refractivity contribution is -0.117. The van der Waals surface area contributed by atoms with Crippen molar-refractivity contribution in [1.29, 1.82) is 0 Å². The molecule has 1 aliphatic heterocycles. The van der Waals surface area contributed by atoms with Crippen LogP contribution in [0.4, 0.5) is 11.4 Å². The molecule has 1 aromatic carbocycles. The molecule has 5 nitrogen and oxygen atoms in total. The fourth-order valence-electron chi connectivity index (χ4n) is 2.52. The zero-order chi connectivity index (χ0) is 14.8. The minimum absolute atomic E-state index is 0.0186. The molecular formula is C16H15N3O2. The zero-order valence-electron chi connectivity index (χ0n) is 11.6. The molecule has 1 aliphatic rings. The van der Waals surface area contributed by atoms with Crippen LogP contribution in [0.5, 0.6) is 0 Å². The van der Waals surface area contributed by atoms with Crippen LogP contribution in [0.3, 0.4) is 0 Å². The normalized spacial score (nSPS) is 16.2. The van der Waals surface area contributed by atoms with Gasteiger partial charge in [-0.1, -0.05) is 13.0 Å². The minimum Gasteiger partial charge on any atom is -0.325 e. The van der Waals surface area contributed by atoms with Gasteiger partial charge in [0.25, 0.3) is 5.91 Å². The summed E-state index contributed by atoms with van der Waals surface area (Å²) in [7, 11) is 0. The van der Waals surface area contributed by atoms with Crippen LogP contribution in [0.15, 0.2) is 42.7 Å². The second kappa shape index (κ2) is 5.36. The maximum atomic E-state index is 12.1. The Morgan fingerprint density at radius 1 is 1.29 bits per heavy atom. The van der Waals surface area contributed by atoms with E-state index in [0.29, 0.717) is 11.3 Å². The number of benzene rings is 1. The van der Waals surface area contributed by atoms with E-state index in [1.165, 1.54) is 0 Å². The molecule has 0 radical (unpaired) electrons. The molecule has 0 bridgehead atoms. The number of nitrogens with zero attached hydrogens (tertiary/aromatic N) is 1. The van der Waals surface area contributed by atoms with Crippen molar-refractivity contribution in [3.63, 3.8) is 0 Å². The standard InChI is InChI=1S/C16H15N3O2/c1-2-12-13-4-3-11(9-14(13)19-16(12)21)18-15(20)10-5-7-17-8-6-10/h3-9,12H,2H2,1H3,(H,18,20)(H,19,21). The van der Waals surface area contributed by atoms with E-state index in [1.807, 2.05) is 19.1 Å². The summed E-state index contributed by atoms with van der Waals surface area (Å²) in [6.45, 7) is 1.98. The first-order chi connectivity index (χ1) is 10.2.